The third-order valence-corrected chi connectivity index (χ3v) is 7.15. The van der Waals surface area contributed by atoms with Gasteiger partial charge in [0.15, 0.2) is 0 Å². The third-order valence-electron chi connectivity index (χ3n) is 6.29. The van der Waals surface area contributed by atoms with E-state index in [0.29, 0.717) is 18.0 Å². The van der Waals surface area contributed by atoms with Crippen LogP contribution in [0.25, 0.3) is 0 Å². The van der Waals surface area contributed by atoms with Crippen LogP contribution in [-0.2, 0) is 9.59 Å². The predicted octanol–water partition coefficient (Wildman–Crippen LogP) is 3.73. The Labute approximate surface area is 199 Å². The van der Waals surface area contributed by atoms with E-state index in [2.05, 4.69) is 21.6 Å². The topological polar surface area (TPSA) is 81.8 Å². The van der Waals surface area contributed by atoms with Crippen molar-refractivity contribution in [2.24, 2.45) is 5.92 Å². The van der Waals surface area contributed by atoms with Crippen molar-refractivity contribution in [1.82, 2.24) is 10.2 Å². The maximum absolute atomic E-state index is 12.8. The van der Waals surface area contributed by atoms with E-state index in [1.807, 2.05) is 42.6 Å². The van der Waals surface area contributed by atoms with Gasteiger partial charge in [0.2, 0.25) is 11.8 Å². The smallest absolute Gasteiger partial charge is 0.263 e. The molecule has 0 aliphatic carbocycles. The highest BCUT2D eigenvalue weighted by molar-refractivity contribution is 7.12. The van der Waals surface area contributed by atoms with Gasteiger partial charge in [-0.15, -0.1) is 11.3 Å². The molecule has 0 spiro atoms. The van der Waals surface area contributed by atoms with Gasteiger partial charge in [0.1, 0.15) is 0 Å². The largest absolute Gasteiger partial charge is 0.371 e. The van der Waals surface area contributed by atoms with Gasteiger partial charge < -0.3 is 20.4 Å². The molecule has 33 heavy (non-hydrogen) atoms. The summed E-state index contributed by atoms with van der Waals surface area (Å²) in [5, 5.41) is 7.82. The van der Waals surface area contributed by atoms with Gasteiger partial charge in [-0.05, 0) is 62.3 Å². The molecule has 1 aromatic carbocycles. The molecular formula is C25H32N4O3S. The fourth-order valence-corrected chi connectivity index (χ4v) is 5.28. The number of hydrogen-bond acceptors (Lipinski definition) is 5. The lowest BCUT2D eigenvalue weighted by Gasteiger charge is -2.32. The fraction of sp³-hybridized carbons (Fsp3) is 0.480. The number of likely N-dealkylation sites (tertiary alicyclic amines) is 1. The first kappa shape index (κ1) is 23.3. The van der Waals surface area contributed by atoms with Gasteiger partial charge in [-0.25, -0.2) is 0 Å². The number of hydrogen-bond donors (Lipinski definition) is 2. The number of piperidine rings is 1. The maximum atomic E-state index is 12.8. The van der Waals surface area contributed by atoms with Crippen molar-refractivity contribution in [3.8, 4) is 0 Å². The summed E-state index contributed by atoms with van der Waals surface area (Å²) >= 11 is 1.42. The Hall–Kier alpha value is -2.87. The second-order valence-electron chi connectivity index (χ2n) is 8.97. The minimum Gasteiger partial charge on any atom is -0.371 e. The Kier molecular flexibility index (Phi) is 7.65. The molecule has 176 valence electrons. The molecule has 7 nitrogen and oxygen atoms in total. The quantitative estimate of drug-likeness (QED) is 0.649. The number of thiophene rings is 1. The zero-order valence-corrected chi connectivity index (χ0v) is 19.9. The molecule has 4 rings (SSSR count). The summed E-state index contributed by atoms with van der Waals surface area (Å²) in [4.78, 5) is 42.8. The van der Waals surface area contributed by atoms with Crippen LogP contribution in [0.2, 0.25) is 0 Å². The Morgan fingerprint density at radius 2 is 1.91 bits per heavy atom. The van der Waals surface area contributed by atoms with Crippen molar-refractivity contribution < 1.29 is 14.4 Å². The first-order chi connectivity index (χ1) is 16.0. The van der Waals surface area contributed by atoms with Crippen LogP contribution >= 0.6 is 11.3 Å². The molecule has 2 atom stereocenters. The zero-order chi connectivity index (χ0) is 23.2. The predicted molar refractivity (Wildman–Crippen MR) is 132 cm³/mol. The number of carbonyl (C=O) groups is 3. The highest BCUT2D eigenvalue weighted by atomic mass is 32.1. The molecule has 2 saturated heterocycles. The lowest BCUT2D eigenvalue weighted by molar-refractivity contribution is -0.127. The summed E-state index contributed by atoms with van der Waals surface area (Å²) in [5.74, 6) is -0.467. The van der Waals surface area contributed by atoms with Gasteiger partial charge in [-0.2, -0.15) is 0 Å². The van der Waals surface area contributed by atoms with Crippen LogP contribution in [-0.4, -0.2) is 54.8 Å². The first-order valence-corrected chi connectivity index (χ1v) is 12.7. The molecule has 3 heterocycles. The first-order valence-electron chi connectivity index (χ1n) is 11.8. The van der Waals surface area contributed by atoms with Crippen molar-refractivity contribution in [1.29, 1.82) is 0 Å². The third kappa shape index (κ3) is 6.13. The average molecular weight is 469 g/mol. The second kappa shape index (κ2) is 10.8. The van der Waals surface area contributed by atoms with Crippen LogP contribution < -0.4 is 15.5 Å². The molecule has 2 unspecified atom stereocenters. The zero-order valence-electron chi connectivity index (χ0n) is 19.1. The number of benzene rings is 1. The number of rotatable bonds is 7. The molecule has 0 bridgehead atoms. The van der Waals surface area contributed by atoms with Crippen LogP contribution in [0.4, 0.5) is 11.4 Å². The Balaban J connectivity index is 1.25. The van der Waals surface area contributed by atoms with E-state index < -0.39 is 0 Å². The molecule has 2 aliphatic rings. The minimum absolute atomic E-state index is 0.00825. The standard InChI is InChI=1S/C25H32N4O3S/c1-18(15-23(30)27-20-8-4-9-21(16-20)28-11-2-3-12-28)26-24(31)19-7-5-13-29(17-19)25(32)22-10-6-14-33-22/h4,6,8-10,14,16,18-19H,2-3,5,7,11-13,15,17H2,1H3,(H,26,31)(H,27,30). The maximum Gasteiger partial charge on any atom is 0.263 e. The molecule has 8 heteroatoms. The summed E-state index contributed by atoms with van der Waals surface area (Å²) in [6.07, 6.45) is 4.16. The summed E-state index contributed by atoms with van der Waals surface area (Å²) < 4.78 is 0. The normalized spacial score (nSPS) is 19.2. The Morgan fingerprint density at radius 3 is 2.67 bits per heavy atom. The Bertz CT molecular complexity index is 972. The van der Waals surface area contributed by atoms with E-state index in [1.54, 1.807) is 4.90 Å². The SMILES string of the molecule is CC(CC(=O)Nc1cccc(N2CCCC2)c1)NC(=O)C1CCCN(C(=O)c2cccs2)C1. The minimum atomic E-state index is -0.289. The molecule has 0 saturated carbocycles. The van der Waals surface area contributed by atoms with Crippen LogP contribution in [0.3, 0.4) is 0 Å². The highest BCUT2D eigenvalue weighted by Gasteiger charge is 2.30. The second-order valence-corrected chi connectivity index (χ2v) is 9.92. The summed E-state index contributed by atoms with van der Waals surface area (Å²) in [5.41, 5.74) is 1.91. The molecule has 2 N–H and O–H groups in total. The van der Waals surface area contributed by atoms with E-state index in [4.69, 9.17) is 0 Å². The molecular weight excluding hydrogens is 436 g/mol. The van der Waals surface area contributed by atoms with Crippen molar-refractivity contribution in [3.63, 3.8) is 0 Å². The van der Waals surface area contributed by atoms with Crippen molar-refractivity contribution in [3.05, 3.63) is 46.7 Å². The molecule has 0 radical (unpaired) electrons. The van der Waals surface area contributed by atoms with Gasteiger partial charge in [0, 0.05) is 50.0 Å². The van der Waals surface area contributed by atoms with E-state index >= 15 is 0 Å². The fourth-order valence-electron chi connectivity index (χ4n) is 4.59. The van der Waals surface area contributed by atoms with E-state index in [9.17, 15) is 14.4 Å². The van der Waals surface area contributed by atoms with Crippen LogP contribution in [0.15, 0.2) is 41.8 Å². The molecule has 2 fully saturated rings. The lowest BCUT2D eigenvalue weighted by Crippen LogP contribution is -2.47. The van der Waals surface area contributed by atoms with Crippen molar-refractivity contribution in [2.75, 3.05) is 36.4 Å². The number of anilines is 2. The van der Waals surface area contributed by atoms with Gasteiger partial charge in [0.25, 0.3) is 5.91 Å². The molecule has 3 amide bonds. The molecule has 1 aromatic heterocycles. The lowest BCUT2D eigenvalue weighted by atomic mass is 9.96. The van der Waals surface area contributed by atoms with E-state index in [1.165, 1.54) is 24.2 Å². The summed E-state index contributed by atoms with van der Waals surface area (Å²) in [6, 6.07) is 11.3. The monoisotopic (exact) mass is 468 g/mol. The Morgan fingerprint density at radius 1 is 1.09 bits per heavy atom. The van der Waals surface area contributed by atoms with Gasteiger partial charge >= 0.3 is 0 Å². The van der Waals surface area contributed by atoms with Crippen molar-refractivity contribution in [2.45, 2.75) is 45.1 Å². The molecule has 2 aromatic rings. The van der Waals surface area contributed by atoms with E-state index in [-0.39, 0.29) is 36.1 Å². The molecule has 2 aliphatic heterocycles. The van der Waals surface area contributed by atoms with Crippen LogP contribution in [0.5, 0.6) is 0 Å². The highest BCUT2D eigenvalue weighted by Crippen LogP contribution is 2.24. The van der Waals surface area contributed by atoms with Crippen LogP contribution in [0, 0.1) is 5.92 Å². The van der Waals surface area contributed by atoms with Gasteiger partial charge in [-0.3, -0.25) is 14.4 Å². The summed E-state index contributed by atoms with van der Waals surface area (Å²) in [7, 11) is 0. The summed E-state index contributed by atoms with van der Waals surface area (Å²) in [6.45, 7) is 5.05. The van der Waals surface area contributed by atoms with Gasteiger partial charge in [-0.1, -0.05) is 12.1 Å². The van der Waals surface area contributed by atoms with Crippen LogP contribution in [0.1, 0.15) is 48.7 Å². The number of amides is 3. The number of nitrogens with zero attached hydrogens (tertiary/aromatic N) is 2. The van der Waals surface area contributed by atoms with Gasteiger partial charge in [0.05, 0.1) is 10.8 Å². The number of nitrogens with one attached hydrogen (secondary N) is 2. The van der Waals surface area contributed by atoms with E-state index in [0.717, 1.165) is 37.3 Å². The number of carbonyl (C=O) groups excluding carboxylic acids is 3. The van der Waals surface area contributed by atoms with Crippen molar-refractivity contribution >= 4 is 40.4 Å². The average Bonchev–Trinajstić information content (AvgIpc) is 3.53.